The Morgan fingerprint density at radius 2 is 1.84 bits per heavy atom. The molecule has 0 saturated heterocycles. The summed E-state index contributed by atoms with van der Waals surface area (Å²) in [6.45, 7) is 0.482. The number of hydrogen-bond donors (Lipinski definition) is 0. The average Bonchev–Trinajstić information content (AvgIpc) is 3.42. The molecule has 5 rings (SSSR count). The van der Waals surface area contributed by atoms with Gasteiger partial charge in [0.2, 0.25) is 5.82 Å². The summed E-state index contributed by atoms with van der Waals surface area (Å²) in [7, 11) is 0. The van der Waals surface area contributed by atoms with Crippen molar-refractivity contribution < 1.29 is 9.32 Å². The van der Waals surface area contributed by atoms with Crippen LogP contribution >= 0.6 is 23.2 Å². The van der Waals surface area contributed by atoms with E-state index in [1.165, 1.54) is 0 Å². The Morgan fingerprint density at radius 1 is 1.03 bits per heavy atom. The number of hydrogen-bond acceptors (Lipinski definition) is 5. The van der Waals surface area contributed by atoms with E-state index in [1.54, 1.807) is 42.9 Å². The number of ketones is 1. The molecule has 6 nitrogen and oxygen atoms in total. The van der Waals surface area contributed by atoms with Crippen LogP contribution in [0.3, 0.4) is 0 Å². The van der Waals surface area contributed by atoms with Gasteiger partial charge in [0.05, 0.1) is 5.56 Å². The van der Waals surface area contributed by atoms with Crippen molar-refractivity contribution in [2.75, 3.05) is 0 Å². The third kappa shape index (κ3) is 3.71. The fourth-order valence-electron chi connectivity index (χ4n) is 3.44. The minimum atomic E-state index is -0.343. The number of rotatable bonds is 5. The van der Waals surface area contributed by atoms with Crippen molar-refractivity contribution >= 4 is 39.9 Å². The minimum Gasteiger partial charge on any atom is -0.342 e. The molecule has 0 aliphatic carbocycles. The van der Waals surface area contributed by atoms with Crippen LogP contribution < -0.4 is 0 Å². The molecule has 0 spiro atoms. The zero-order valence-electron chi connectivity index (χ0n) is 16.0. The highest BCUT2D eigenvalue weighted by Gasteiger charge is 2.23. The van der Waals surface area contributed by atoms with E-state index in [1.807, 2.05) is 34.9 Å². The van der Waals surface area contributed by atoms with Crippen molar-refractivity contribution in [1.82, 2.24) is 19.7 Å². The molecule has 0 atom stereocenters. The summed E-state index contributed by atoms with van der Waals surface area (Å²) in [6.07, 6.45) is 5.04. The Bertz CT molecular complexity index is 1410. The maximum Gasteiger partial charge on any atom is 0.299 e. The van der Waals surface area contributed by atoms with Gasteiger partial charge in [-0.25, -0.2) is 0 Å². The predicted molar refractivity (Wildman–Crippen MR) is 118 cm³/mol. The van der Waals surface area contributed by atoms with Gasteiger partial charge in [-0.3, -0.25) is 9.78 Å². The summed E-state index contributed by atoms with van der Waals surface area (Å²) in [5, 5.41) is 5.87. The highest BCUT2D eigenvalue weighted by atomic mass is 35.5. The van der Waals surface area contributed by atoms with Crippen LogP contribution in [0.1, 0.15) is 21.8 Å². The first-order chi connectivity index (χ1) is 15.1. The standard InChI is InChI=1S/C23H14Cl2N4O2/c24-16-6-5-15(19(25)11-16)12-29-13-18(17-3-1-2-4-20(17)29)21(30)23-27-22(28-31-23)14-7-9-26-10-8-14/h1-11,13H,12H2. The van der Waals surface area contributed by atoms with Crippen molar-refractivity contribution in [3.63, 3.8) is 0 Å². The lowest BCUT2D eigenvalue weighted by molar-refractivity contribution is 0.0995. The molecule has 8 heteroatoms. The number of aromatic nitrogens is 4. The Balaban J connectivity index is 1.53. The van der Waals surface area contributed by atoms with Gasteiger partial charge in [0.15, 0.2) is 0 Å². The average molecular weight is 449 g/mol. The lowest BCUT2D eigenvalue weighted by Gasteiger charge is -2.08. The second-order valence-electron chi connectivity index (χ2n) is 6.91. The Kier molecular flexibility index (Phi) is 5.02. The summed E-state index contributed by atoms with van der Waals surface area (Å²) in [5.41, 5.74) is 2.98. The van der Waals surface area contributed by atoms with Crippen LogP contribution in [0.5, 0.6) is 0 Å². The van der Waals surface area contributed by atoms with Crippen molar-refractivity contribution in [3.05, 3.63) is 100 Å². The molecule has 0 bridgehead atoms. The predicted octanol–water partition coefficient (Wildman–Crippen LogP) is 5.67. The van der Waals surface area contributed by atoms with Gasteiger partial charge in [0.25, 0.3) is 11.7 Å². The number of pyridine rings is 1. The van der Waals surface area contributed by atoms with E-state index in [0.29, 0.717) is 28.0 Å². The van der Waals surface area contributed by atoms with E-state index in [9.17, 15) is 4.79 Å². The molecule has 3 aromatic heterocycles. The number of benzene rings is 2. The molecule has 0 saturated carbocycles. The van der Waals surface area contributed by atoms with Crippen LogP contribution in [-0.2, 0) is 6.54 Å². The zero-order valence-corrected chi connectivity index (χ0v) is 17.5. The van der Waals surface area contributed by atoms with Crippen molar-refractivity contribution in [2.45, 2.75) is 6.54 Å². The van der Waals surface area contributed by atoms with E-state index >= 15 is 0 Å². The maximum absolute atomic E-state index is 13.2. The topological polar surface area (TPSA) is 73.8 Å². The Labute approximate surface area is 187 Å². The molecule has 0 fully saturated rings. The largest absolute Gasteiger partial charge is 0.342 e. The molecule has 0 N–H and O–H groups in total. The van der Waals surface area contributed by atoms with Crippen LogP contribution in [0.25, 0.3) is 22.3 Å². The fraction of sp³-hybridized carbons (Fsp3) is 0.0435. The van der Waals surface area contributed by atoms with Gasteiger partial charge in [-0.05, 0) is 35.9 Å². The summed E-state index contributed by atoms with van der Waals surface area (Å²) in [6, 6.07) is 16.5. The number of carbonyl (C=O) groups is 1. The third-order valence-corrected chi connectivity index (χ3v) is 5.53. The summed E-state index contributed by atoms with van der Waals surface area (Å²) >= 11 is 12.4. The molecule has 31 heavy (non-hydrogen) atoms. The van der Waals surface area contributed by atoms with Gasteiger partial charge in [0, 0.05) is 51.6 Å². The lowest BCUT2D eigenvalue weighted by Crippen LogP contribution is -2.02. The van der Waals surface area contributed by atoms with Gasteiger partial charge in [0.1, 0.15) is 0 Å². The quantitative estimate of drug-likeness (QED) is 0.323. The summed E-state index contributed by atoms with van der Waals surface area (Å²) < 4.78 is 7.24. The Morgan fingerprint density at radius 3 is 2.65 bits per heavy atom. The smallest absolute Gasteiger partial charge is 0.299 e. The van der Waals surface area contributed by atoms with E-state index in [0.717, 1.165) is 22.0 Å². The number of carbonyl (C=O) groups excluding carboxylic acids is 1. The van der Waals surface area contributed by atoms with E-state index in [4.69, 9.17) is 27.7 Å². The second kappa shape index (κ2) is 7.98. The number of halogens is 2. The number of nitrogens with zero attached hydrogens (tertiary/aromatic N) is 4. The van der Waals surface area contributed by atoms with Crippen LogP contribution in [0, 0.1) is 0 Å². The van der Waals surface area contributed by atoms with E-state index in [-0.39, 0.29) is 11.7 Å². The first kappa shape index (κ1) is 19.5. The maximum atomic E-state index is 13.2. The van der Waals surface area contributed by atoms with Gasteiger partial charge >= 0.3 is 0 Å². The normalized spacial score (nSPS) is 11.2. The van der Waals surface area contributed by atoms with E-state index < -0.39 is 0 Å². The van der Waals surface area contributed by atoms with E-state index in [2.05, 4.69) is 15.1 Å². The first-order valence-corrected chi connectivity index (χ1v) is 10.2. The lowest BCUT2D eigenvalue weighted by atomic mass is 10.1. The third-order valence-electron chi connectivity index (χ3n) is 4.95. The second-order valence-corrected chi connectivity index (χ2v) is 7.76. The SMILES string of the molecule is O=C(c1nc(-c2ccncc2)no1)c1cn(Cc2ccc(Cl)cc2Cl)c2ccccc12. The Hall–Kier alpha value is -3.48. The summed E-state index contributed by atoms with van der Waals surface area (Å²) in [4.78, 5) is 21.5. The molecule has 0 aliphatic rings. The van der Waals surface area contributed by atoms with Crippen LogP contribution in [-0.4, -0.2) is 25.5 Å². The molecular formula is C23H14Cl2N4O2. The number of para-hydroxylation sites is 1. The molecule has 5 aromatic rings. The van der Waals surface area contributed by atoms with Crippen LogP contribution in [0.4, 0.5) is 0 Å². The number of fused-ring (bicyclic) bond motifs is 1. The molecule has 0 radical (unpaired) electrons. The van der Waals surface area contributed by atoms with Crippen molar-refractivity contribution in [3.8, 4) is 11.4 Å². The minimum absolute atomic E-state index is 0.0701. The first-order valence-electron chi connectivity index (χ1n) is 9.41. The van der Waals surface area contributed by atoms with Crippen molar-refractivity contribution in [2.24, 2.45) is 0 Å². The van der Waals surface area contributed by atoms with Gasteiger partial charge in [-0.2, -0.15) is 4.98 Å². The molecule has 0 amide bonds. The fourth-order valence-corrected chi connectivity index (χ4v) is 3.91. The monoisotopic (exact) mass is 448 g/mol. The molecule has 152 valence electrons. The van der Waals surface area contributed by atoms with Crippen LogP contribution in [0.15, 0.2) is 77.7 Å². The molecule has 2 aromatic carbocycles. The highest BCUT2D eigenvalue weighted by Crippen LogP contribution is 2.27. The molecule has 3 heterocycles. The highest BCUT2D eigenvalue weighted by molar-refractivity contribution is 6.35. The van der Waals surface area contributed by atoms with Crippen molar-refractivity contribution in [1.29, 1.82) is 0 Å². The molecule has 0 unspecified atom stereocenters. The zero-order chi connectivity index (χ0) is 21.4. The summed E-state index contributed by atoms with van der Waals surface area (Å²) in [5.74, 6) is -0.0772. The van der Waals surface area contributed by atoms with Crippen LogP contribution in [0.2, 0.25) is 10.0 Å². The van der Waals surface area contributed by atoms with Gasteiger partial charge < -0.3 is 9.09 Å². The van der Waals surface area contributed by atoms with Gasteiger partial charge in [-0.15, -0.1) is 0 Å². The van der Waals surface area contributed by atoms with Gasteiger partial charge in [-0.1, -0.05) is 52.6 Å². The molecular weight excluding hydrogens is 435 g/mol. The molecule has 0 aliphatic heterocycles.